The van der Waals surface area contributed by atoms with E-state index in [2.05, 4.69) is 10.6 Å². The fourth-order valence-corrected chi connectivity index (χ4v) is 5.58. The van der Waals surface area contributed by atoms with E-state index >= 15 is 4.39 Å². The summed E-state index contributed by atoms with van der Waals surface area (Å²) in [6.45, 7) is -0.00761. The average Bonchev–Trinajstić information content (AvgIpc) is 3.29. The van der Waals surface area contributed by atoms with Gasteiger partial charge in [-0.15, -0.1) is 0 Å². The highest BCUT2D eigenvalue weighted by atomic mass is 35.5. The lowest BCUT2D eigenvalue weighted by Gasteiger charge is -2.36. The van der Waals surface area contributed by atoms with Gasteiger partial charge in [0.15, 0.2) is 0 Å². The minimum Gasteiger partial charge on any atom is -0.325 e. The number of alkyl halides is 1. The molecule has 2 aromatic rings. The molecule has 1 spiro atoms. The summed E-state index contributed by atoms with van der Waals surface area (Å²) in [5.74, 6) is -1.18. The number of rotatable bonds is 4. The zero-order valence-electron chi connectivity index (χ0n) is 15.6. The molecule has 2 fully saturated rings. The van der Waals surface area contributed by atoms with Crippen molar-refractivity contribution in [3.05, 3.63) is 63.4 Å². The van der Waals surface area contributed by atoms with Crippen LogP contribution in [0.25, 0.3) is 0 Å². The third-order valence-electron chi connectivity index (χ3n) is 6.95. The predicted octanol–water partition coefficient (Wildman–Crippen LogP) is 5.22. The van der Waals surface area contributed by atoms with Crippen molar-refractivity contribution in [3.63, 3.8) is 0 Å². The summed E-state index contributed by atoms with van der Waals surface area (Å²) in [5.41, 5.74) is 0.378. The number of fused-ring (bicyclic) bond motifs is 2. The van der Waals surface area contributed by atoms with E-state index in [9.17, 15) is 9.18 Å². The van der Waals surface area contributed by atoms with Crippen LogP contribution >= 0.6 is 23.2 Å². The molecule has 0 radical (unpaired) electrons. The maximum Gasteiger partial charge on any atom is 0.237 e. The summed E-state index contributed by atoms with van der Waals surface area (Å²) in [7, 11) is 0. The van der Waals surface area contributed by atoms with Crippen LogP contribution in [0.3, 0.4) is 0 Å². The van der Waals surface area contributed by atoms with Crippen LogP contribution in [-0.2, 0) is 10.2 Å². The summed E-state index contributed by atoms with van der Waals surface area (Å²) in [6.07, 6.45) is 2.14. The monoisotopic (exact) mass is 436 g/mol. The molecule has 7 heteroatoms. The molecule has 3 atom stereocenters. The van der Waals surface area contributed by atoms with Crippen LogP contribution < -0.4 is 10.6 Å². The van der Waals surface area contributed by atoms with E-state index in [0.717, 1.165) is 18.4 Å². The van der Waals surface area contributed by atoms with Crippen LogP contribution in [0.15, 0.2) is 36.4 Å². The highest BCUT2D eigenvalue weighted by molar-refractivity contribution is 6.31. The molecule has 3 aliphatic rings. The van der Waals surface area contributed by atoms with Gasteiger partial charge in [-0.1, -0.05) is 41.4 Å². The number of nitrogens with one attached hydrogen (secondary N) is 2. The Kier molecular flexibility index (Phi) is 4.43. The van der Waals surface area contributed by atoms with Crippen LogP contribution in [0.5, 0.6) is 0 Å². The minimum absolute atomic E-state index is 0.0262. The van der Waals surface area contributed by atoms with Gasteiger partial charge < -0.3 is 10.6 Å². The zero-order chi connectivity index (χ0) is 20.4. The highest BCUT2D eigenvalue weighted by Crippen LogP contribution is 2.58. The zero-order valence-corrected chi connectivity index (χ0v) is 17.1. The largest absolute Gasteiger partial charge is 0.325 e. The van der Waals surface area contributed by atoms with Crippen molar-refractivity contribution in [1.29, 1.82) is 0 Å². The minimum atomic E-state index is -1.05. The molecule has 3 unspecified atom stereocenters. The van der Waals surface area contributed by atoms with Gasteiger partial charge in [0.1, 0.15) is 5.82 Å². The molecule has 2 aliphatic heterocycles. The molecular formula is C22H20Cl2F2N2O. The third kappa shape index (κ3) is 2.74. The molecule has 0 bridgehead atoms. The molecule has 0 aromatic heterocycles. The summed E-state index contributed by atoms with van der Waals surface area (Å²) in [4.78, 5) is 13.5. The number of anilines is 1. The Morgan fingerprint density at radius 3 is 2.69 bits per heavy atom. The van der Waals surface area contributed by atoms with Crippen molar-refractivity contribution in [2.45, 2.75) is 36.6 Å². The number of amides is 1. The second-order valence-corrected chi connectivity index (χ2v) is 9.35. The maximum absolute atomic E-state index is 15.0. The number of hydrogen-bond acceptors (Lipinski definition) is 2. The average molecular weight is 437 g/mol. The van der Waals surface area contributed by atoms with Crippen molar-refractivity contribution in [2.24, 2.45) is 5.41 Å². The van der Waals surface area contributed by atoms with Gasteiger partial charge in [0, 0.05) is 34.6 Å². The fraction of sp³-hybridized carbons (Fsp3) is 0.409. The van der Waals surface area contributed by atoms with E-state index in [-0.39, 0.29) is 22.4 Å². The van der Waals surface area contributed by atoms with Crippen molar-refractivity contribution < 1.29 is 13.6 Å². The van der Waals surface area contributed by atoms with Gasteiger partial charge in [0.25, 0.3) is 0 Å². The summed E-state index contributed by atoms with van der Waals surface area (Å²) >= 11 is 12.2. The van der Waals surface area contributed by atoms with Gasteiger partial charge in [0.2, 0.25) is 5.91 Å². The van der Waals surface area contributed by atoms with E-state index in [1.165, 1.54) is 6.07 Å². The number of carbonyl (C=O) groups is 1. The molecule has 152 valence electrons. The third-order valence-corrected chi connectivity index (χ3v) is 7.48. The second kappa shape index (κ2) is 6.66. The number of hydrogen-bond donors (Lipinski definition) is 2. The van der Waals surface area contributed by atoms with Gasteiger partial charge in [0.05, 0.1) is 17.1 Å². The Bertz CT molecular complexity index is 1010. The predicted molar refractivity (Wildman–Crippen MR) is 110 cm³/mol. The normalized spacial score (nSPS) is 29.2. The molecule has 1 aliphatic carbocycles. The first-order valence-electron chi connectivity index (χ1n) is 9.76. The lowest BCUT2D eigenvalue weighted by atomic mass is 9.64. The molecular weight excluding hydrogens is 417 g/mol. The van der Waals surface area contributed by atoms with E-state index in [4.69, 9.17) is 23.2 Å². The molecule has 2 aromatic carbocycles. The SMILES string of the molecule is O=C1Nc2cc(Cl)ccc2C12C(CC1(CF)CC1)NCC2c1cccc(Cl)c1F. The number of carbonyl (C=O) groups excluding carboxylic acids is 1. The lowest BCUT2D eigenvalue weighted by Crippen LogP contribution is -2.49. The van der Waals surface area contributed by atoms with Crippen molar-refractivity contribution in [1.82, 2.24) is 5.32 Å². The molecule has 1 saturated heterocycles. The first kappa shape index (κ1) is 19.3. The van der Waals surface area contributed by atoms with Crippen molar-refractivity contribution in [3.8, 4) is 0 Å². The Morgan fingerprint density at radius 1 is 1.17 bits per heavy atom. The lowest BCUT2D eigenvalue weighted by molar-refractivity contribution is -0.121. The standard InChI is InChI=1S/C22H20Cl2F2N2O/c23-12-4-5-14-17(8-12)28-20(29)22(14)15(13-2-1-3-16(24)19(13)26)10-27-18(22)9-21(11-25)6-7-21/h1-5,8,15,18,27H,6-7,9-11H2,(H,28,29). The molecule has 1 saturated carbocycles. The fourth-order valence-electron chi connectivity index (χ4n) is 5.23. The van der Waals surface area contributed by atoms with E-state index in [1.807, 2.05) is 6.07 Å². The van der Waals surface area contributed by atoms with Crippen LogP contribution in [0, 0.1) is 11.2 Å². The second-order valence-electron chi connectivity index (χ2n) is 8.51. The molecule has 29 heavy (non-hydrogen) atoms. The number of halogens is 4. The quantitative estimate of drug-likeness (QED) is 0.689. The Hall–Kier alpha value is -1.69. The Labute approximate surface area is 177 Å². The van der Waals surface area contributed by atoms with E-state index in [0.29, 0.717) is 29.2 Å². The van der Waals surface area contributed by atoms with E-state index in [1.54, 1.807) is 24.3 Å². The molecule has 2 heterocycles. The first-order chi connectivity index (χ1) is 13.9. The highest BCUT2D eigenvalue weighted by Gasteiger charge is 2.63. The van der Waals surface area contributed by atoms with Gasteiger partial charge in [-0.3, -0.25) is 9.18 Å². The van der Waals surface area contributed by atoms with Crippen LogP contribution in [0.1, 0.15) is 36.3 Å². The van der Waals surface area contributed by atoms with Crippen LogP contribution in [-0.4, -0.2) is 25.2 Å². The van der Waals surface area contributed by atoms with E-state index < -0.39 is 23.8 Å². The van der Waals surface area contributed by atoms with Gasteiger partial charge >= 0.3 is 0 Å². The first-order valence-corrected chi connectivity index (χ1v) is 10.5. The van der Waals surface area contributed by atoms with Crippen LogP contribution in [0.4, 0.5) is 14.5 Å². The number of benzene rings is 2. The van der Waals surface area contributed by atoms with Gasteiger partial charge in [-0.05, 0) is 48.6 Å². The van der Waals surface area contributed by atoms with Gasteiger partial charge in [-0.25, -0.2) is 4.39 Å². The smallest absolute Gasteiger partial charge is 0.237 e. The molecule has 5 rings (SSSR count). The van der Waals surface area contributed by atoms with Crippen molar-refractivity contribution in [2.75, 3.05) is 18.5 Å². The summed E-state index contributed by atoms with van der Waals surface area (Å²) in [5, 5.41) is 6.91. The summed E-state index contributed by atoms with van der Waals surface area (Å²) in [6, 6.07) is 9.85. The molecule has 3 nitrogen and oxygen atoms in total. The Balaban J connectivity index is 1.69. The van der Waals surface area contributed by atoms with Crippen LogP contribution in [0.2, 0.25) is 10.0 Å². The summed E-state index contributed by atoms with van der Waals surface area (Å²) < 4.78 is 28.8. The molecule has 1 amide bonds. The Morgan fingerprint density at radius 2 is 1.97 bits per heavy atom. The van der Waals surface area contributed by atoms with Gasteiger partial charge in [-0.2, -0.15) is 0 Å². The molecule has 2 N–H and O–H groups in total. The maximum atomic E-state index is 15.0. The topological polar surface area (TPSA) is 41.1 Å². The van der Waals surface area contributed by atoms with Crippen molar-refractivity contribution >= 4 is 34.8 Å².